The first-order valence-electron chi connectivity index (χ1n) is 26.5. The average Bonchev–Trinajstić information content (AvgIpc) is 3.69. The molecule has 25 heteroatoms. The highest BCUT2D eigenvalue weighted by Crippen LogP contribution is 2.42. The van der Waals surface area contributed by atoms with Crippen molar-refractivity contribution in [3.8, 4) is 34.5 Å². The highest BCUT2D eigenvalue weighted by molar-refractivity contribution is 5.93. The molecule has 0 heterocycles. The molecule has 0 aliphatic carbocycles. The van der Waals surface area contributed by atoms with E-state index in [9.17, 15) is 75.3 Å². The fourth-order valence-electron chi connectivity index (χ4n) is 7.35. The van der Waals surface area contributed by atoms with E-state index in [1.54, 1.807) is 58.9 Å². The summed E-state index contributed by atoms with van der Waals surface area (Å²) >= 11 is 0. The number of aryl methyl sites for hydroxylation is 4. The van der Waals surface area contributed by atoms with Gasteiger partial charge in [0.25, 0.3) is 0 Å². The van der Waals surface area contributed by atoms with Gasteiger partial charge in [0.1, 0.15) is 102 Å². The summed E-state index contributed by atoms with van der Waals surface area (Å²) in [5.74, 6) is -6.04. The number of hydrogen-bond donors (Lipinski definition) is 11. The number of esters is 4. The van der Waals surface area contributed by atoms with Gasteiger partial charge in [0.2, 0.25) is 11.5 Å². The largest absolute Gasteiger partial charge is 0.487 e. The first kappa shape index (κ1) is 68.6. The number of carbonyl (C=O) groups excluding carboxylic acids is 4. The highest BCUT2D eigenvalue weighted by Gasteiger charge is 2.39. The molecule has 0 bridgehead atoms. The van der Waals surface area contributed by atoms with Gasteiger partial charge in [-0.2, -0.15) is 0 Å². The zero-order valence-electron chi connectivity index (χ0n) is 47.5. The van der Waals surface area contributed by atoms with Crippen molar-refractivity contribution >= 4 is 23.9 Å². The third kappa shape index (κ3) is 20.8. The molecule has 4 aromatic carbocycles. The second kappa shape index (κ2) is 33.4. The molecule has 83 heavy (non-hydrogen) atoms. The Hall–Kier alpha value is -6.88. The molecule has 0 spiro atoms. The van der Waals surface area contributed by atoms with Gasteiger partial charge >= 0.3 is 23.9 Å². The van der Waals surface area contributed by atoms with Gasteiger partial charge in [-0.3, -0.25) is 0 Å². The van der Waals surface area contributed by atoms with Crippen LogP contribution in [0.15, 0.2) is 48.5 Å². The second-order valence-electron chi connectivity index (χ2n) is 20.0. The lowest BCUT2D eigenvalue weighted by Crippen LogP contribution is -2.44. The van der Waals surface area contributed by atoms with Crippen molar-refractivity contribution in [2.45, 2.75) is 91.5 Å². The van der Waals surface area contributed by atoms with Gasteiger partial charge in [-0.05, 0) is 130 Å². The molecule has 0 aromatic heterocycles. The fraction of sp³-hybridized carbons (Fsp3) is 0.517. The van der Waals surface area contributed by atoms with E-state index in [4.69, 9.17) is 47.4 Å². The van der Waals surface area contributed by atoms with Crippen LogP contribution in [0.4, 0.5) is 0 Å². The molecular weight excluding hydrogens is 1100 g/mol. The first-order valence-corrected chi connectivity index (χ1v) is 26.5. The van der Waals surface area contributed by atoms with E-state index in [1.165, 1.54) is 0 Å². The summed E-state index contributed by atoms with van der Waals surface area (Å²) in [6.45, 7) is 2.14. The molecule has 0 radical (unpaired) electrons. The summed E-state index contributed by atoms with van der Waals surface area (Å²) in [5.41, 5.74) is 2.19. The van der Waals surface area contributed by atoms with Crippen molar-refractivity contribution in [3.05, 3.63) is 104 Å². The standard InChI is InChI=1S/C58H78O25/c1-8-42(64)22-78-52-48(74-23-43(65)17-59)13-40(14-49(52)75-24-44(66)18-60)56(72)82-30-58(28-80-54(70)38-9-32(2)36(6)33(3)10-38,29-81-55(71)39-11-34(4)37(7)35(5)12-39)31-83-57(73)41-15-50(76-25-45(67)19-61)53(79-27-47(69)21-63)51(16-41)77-26-46(68)20-62/h9-16,42-47,59-69H,8,17-31H2,1-7H3. The Morgan fingerprint density at radius 1 is 0.361 bits per heavy atom. The number of ether oxygens (including phenoxy) is 10. The topological polar surface area (TPSA) is 383 Å². The van der Waals surface area contributed by atoms with E-state index in [0.29, 0.717) is 0 Å². The predicted octanol–water partition coefficient (Wildman–Crippen LogP) is 1.06. The fourth-order valence-corrected chi connectivity index (χ4v) is 7.35. The Morgan fingerprint density at radius 2 is 0.578 bits per heavy atom. The molecule has 6 unspecified atom stereocenters. The normalized spacial score (nSPS) is 13.6. The third-order valence-electron chi connectivity index (χ3n) is 13.0. The summed E-state index contributed by atoms with van der Waals surface area (Å²) in [6.07, 6.45) is -8.04. The molecule has 4 aromatic rings. The number of carbonyl (C=O) groups is 4. The maximum Gasteiger partial charge on any atom is 0.338 e. The minimum atomic E-state index is -2.03. The Balaban J connectivity index is 1.93. The van der Waals surface area contributed by atoms with E-state index in [-0.39, 0.29) is 64.2 Å². The highest BCUT2D eigenvalue weighted by atomic mass is 16.6. The van der Waals surface area contributed by atoms with Gasteiger partial charge in [0.15, 0.2) is 23.0 Å². The number of aliphatic hydroxyl groups excluding tert-OH is 11. The van der Waals surface area contributed by atoms with Crippen molar-refractivity contribution in [2.24, 2.45) is 5.41 Å². The van der Waals surface area contributed by atoms with Gasteiger partial charge < -0.3 is 104 Å². The lowest BCUT2D eigenvalue weighted by atomic mass is 9.91. The van der Waals surface area contributed by atoms with Gasteiger partial charge in [-0.25, -0.2) is 19.2 Å². The summed E-state index contributed by atoms with van der Waals surface area (Å²) in [4.78, 5) is 57.2. The van der Waals surface area contributed by atoms with E-state index in [1.807, 2.05) is 13.8 Å². The van der Waals surface area contributed by atoms with Crippen LogP contribution < -0.4 is 28.4 Å². The van der Waals surface area contributed by atoms with Crippen LogP contribution in [0, 0.1) is 47.0 Å². The van der Waals surface area contributed by atoms with Crippen LogP contribution in [-0.2, 0) is 18.9 Å². The summed E-state index contributed by atoms with van der Waals surface area (Å²) in [6, 6.07) is 10.7. The summed E-state index contributed by atoms with van der Waals surface area (Å²) in [5, 5.41) is 109. The molecule has 11 N–H and O–H groups in total. The van der Waals surface area contributed by atoms with Crippen LogP contribution in [-0.4, -0.2) is 216 Å². The Morgan fingerprint density at radius 3 is 0.807 bits per heavy atom. The number of hydrogen-bond acceptors (Lipinski definition) is 25. The van der Waals surface area contributed by atoms with Crippen LogP contribution in [0.3, 0.4) is 0 Å². The molecule has 460 valence electrons. The van der Waals surface area contributed by atoms with Crippen LogP contribution in [0.2, 0.25) is 0 Å². The lowest BCUT2D eigenvalue weighted by Gasteiger charge is -2.32. The van der Waals surface area contributed by atoms with Gasteiger partial charge in [0, 0.05) is 0 Å². The minimum Gasteiger partial charge on any atom is -0.487 e. The maximum absolute atomic E-state index is 14.5. The van der Waals surface area contributed by atoms with Crippen molar-refractivity contribution in [1.29, 1.82) is 0 Å². The zero-order valence-corrected chi connectivity index (χ0v) is 47.5. The molecule has 0 aliphatic heterocycles. The van der Waals surface area contributed by atoms with Gasteiger partial charge in [-0.15, -0.1) is 0 Å². The minimum absolute atomic E-state index is 0.106. The van der Waals surface area contributed by atoms with Crippen molar-refractivity contribution in [2.75, 3.05) is 99.1 Å². The molecule has 0 saturated carbocycles. The first-order chi connectivity index (χ1) is 39.4. The summed E-state index contributed by atoms with van der Waals surface area (Å²) < 4.78 is 58.3. The number of rotatable bonds is 36. The van der Waals surface area contributed by atoms with Crippen LogP contribution in [0.5, 0.6) is 34.5 Å². The SMILES string of the molecule is CCC(O)COc1c(OCC(O)CO)cc(C(=O)OCC(COC(=O)c2cc(C)c(C)c(C)c2)(COC(=O)c2cc(C)c(C)c(C)c2)COC(=O)c2cc(OCC(O)CO)c(OCC(O)CO)c(OCC(O)CO)c2)cc1OCC(O)CO. The van der Waals surface area contributed by atoms with Crippen molar-refractivity contribution in [3.63, 3.8) is 0 Å². The maximum atomic E-state index is 14.5. The molecule has 0 fully saturated rings. The molecular formula is C58H78O25. The van der Waals surface area contributed by atoms with E-state index >= 15 is 0 Å². The average molecular weight is 1180 g/mol. The Labute approximate surface area is 480 Å². The quantitative estimate of drug-likeness (QED) is 0.0224. The third-order valence-corrected chi connectivity index (χ3v) is 13.0. The molecule has 6 atom stereocenters. The molecule has 25 nitrogen and oxygen atoms in total. The lowest BCUT2D eigenvalue weighted by molar-refractivity contribution is -0.0642. The van der Waals surface area contributed by atoms with Crippen LogP contribution in [0.25, 0.3) is 0 Å². The molecule has 0 amide bonds. The molecule has 4 rings (SSSR count). The van der Waals surface area contributed by atoms with Gasteiger partial charge in [0.05, 0.1) is 61.4 Å². The number of aliphatic hydroxyl groups is 11. The van der Waals surface area contributed by atoms with Gasteiger partial charge in [-0.1, -0.05) is 6.92 Å². The monoisotopic (exact) mass is 1170 g/mol. The van der Waals surface area contributed by atoms with E-state index in [2.05, 4.69) is 0 Å². The zero-order chi connectivity index (χ0) is 61.6. The van der Waals surface area contributed by atoms with E-state index in [0.717, 1.165) is 57.6 Å². The van der Waals surface area contributed by atoms with Crippen LogP contribution in [0.1, 0.15) is 88.2 Å². The van der Waals surface area contributed by atoms with Crippen LogP contribution >= 0.6 is 0 Å². The smallest absolute Gasteiger partial charge is 0.338 e. The molecule has 0 aliphatic rings. The van der Waals surface area contributed by atoms with Crippen molar-refractivity contribution < 1.29 is 123 Å². The molecule has 0 saturated heterocycles. The second-order valence-corrected chi connectivity index (χ2v) is 20.0. The summed E-state index contributed by atoms with van der Waals surface area (Å²) in [7, 11) is 0. The van der Waals surface area contributed by atoms with Crippen molar-refractivity contribution in [1.82, 2.24) is 0 Å². The van der Waals surface area contributed by atoms with E-state index < -0.39 is 164 Å². The number of benzene rings is 4. The predicted molar refractivity (Wildman–Crippen MR) is 292 cm³/mol. The Bertz CT molecular complexity index is 2460. The Kier molecular flexibility index (Phi) is 27.6.